The standard InChI is InChI=1S/C24H31ClN2O4/c1-5-17(3)26-24(29)21(6-2)27(15-18-10-9-11-19(14-18)30-4)23(28)16-31-22-13-8-7-12-20(22)25/h7-14,17,21H,5-6,15-16H2,1-4H3,(H,26,29)/t17-,21+/m0/s1. The van der Waals surface area contributed by atoms with Gasteiger partial charge in [-0.3, -0.25) is 9.59 Å². The molecule has 0 aliphatic heterocycles. The molecule has 0 unspecified atom stereocenters. The van der Waals surface area contributed by atoms with E-state index in [4.69, 9.17) is 21.1 Å². The van der Waals surface area contributed by atoms with Crippen molar-refractivity contribution < 1.29 is 19.1 Å². The molecule has 31 heavy (non-hydrogen) atoms. The molecule has 0 heterocycles. The number of ether oxygens (including phenoxy) is 2. The third kappa shape index (κ3) is 7.17. The molecule has 2 amide bonds. The average Bonchev–Trinajstić information content (AvgIpc) is 2.78. The molecule has 2 aromatic carbocycles. The summed E-state index contributed by atoms with van der Waals surface area (Å²) in [5.41, 5.74) is 0.861. The van der Waals surface area contributed by atoms with Gasteiger partial charge in [-0.05, 0) is 49.6 Å². The molecule has 168 valence electrons. The summed E-state index contributed by atoms with van der Waals surface area (Å²) >= 11 is 6.14. The van der Waals surface area contributed by atoms with Gasteiger partial charge in [0, 0.05) is 12.6 Å². The Labute approximate surface area is 189 Å². The van der Waals surface area contributed by atoms with Crippen molar-refractivity contribution in [3.63, 3.8) is 0 Å². The van der Waals surface area contributed by atoms with Crippen LogP contribution in [0.4, 0.5) is 0 Å². The minimum atomic E-state index is -0.623. The smallest absolute Gasteiger partial charge is 0.261 e. The lowest BCUT2D eigenvalue weighted by atomic mass is 10.1. The first kappa shape index (κ1) is 24.5. The number of methoxy groups -OCH3 is 1. The van der Waals surface area contributed by atoms with E-state index in [-0.39, 0.29) is 31.0 Å². The highest BCUT2D eigenvalue weighted by molar-refractivity contribution is 6.32. The summed E-state index contributed by atoms with van der Waals surface area (Å²) < 4.78 is 11.0. The maximum Gasteiger partial charge on any atom is 0.261 e. The number of halogens is 1. The first-order chi connectivity index (χ1) is 14.9. The third-order valence-electron chi connectivity index (χ3n) is 5.06. The molecule has 0 spiro atoms. The van der Waals surface area contributed by atoms with Crippen molar-refractivity contribution in [3.05, 3.63) is 59.1 Å². The molecule has 1 N–H and O–H groups in total. The van der Waals surface area contributed by atoms with Crippen LogP contribution in [-0.2, 0) is 16.1 Å². The number of para-hydroxylation sites is 1. The summed E-state index contributed by atoms with van der Waals surface area (Å²) in [4.78, 5) is 27.7. The van der Waals surface area contributed by atoms with Crippen molar-refractivity contribution >= 4 is 23.4 Å². The van der Waals surface area contributed by atoms with Crippen LogP contribution in [0.2, 0.25) is 5.02 Å². The second-order valence-electron chi connectivity index (χ2n) is 7.33. The Morgan fingerprint density at radius 1 is 1.10 bits per heavy atom. The van der Waals surface area contributed by atoms with E-state index in [1.165, 1.54) is 0 Å². The fourth-order valence-corrected chi connectivity index (χ4v) is 3.30. The molecular weight excluding hydrogens is 416 g/mol. The SMILES string of the molecule is CC[C@H](C(=O)N[C@@H](C)CC)N(Cc1cccc(OC)c1)C(=O)COc1ccccc1Cl. The second-order valence-corrected chi connectivity index (χ2v) is 7.74. The van der Waals surface area contributed by atoms with E-state index in [9.17, 15) is 9.59 Å². The van der Waals surface area contributed by atoms with Crippen molar-refractivity contribution in [3.8, 4) is 11.5 Å². The van der Waals surface area contributed by atoms with Gasteiger partial charge in [0.05, 0.1) is 12.1 Å². The Balaban J connectivity index is 2.25. The Morgan fingerprint density at radius 2 is 1.84 bits per heavy atom. The van der Waals surface area contributed by atoms with Gasteiger partial charge < -0.3 is 19.7 Å². The predicted octanol–water partition coefficient (Wildman–Crippen LogP) is 4.45. The number of rotatable bonds is 11. The number of hydrogen-bond acceptors (Lipinski definition) is 4. The first-order valence-electron chi connectivity index (χ1n) is 10.5. The fourth-order valence-electron chi connectivity index (χ4n) is 3.11. The van der Waals surface area contributed by atoms with Crippen molar-refractivity contribution in [1.29, 1.82) is 0 Å². The molecule has 0 saturated carbocycles. The van der Waals surface area contributed by atoms with E-state index in [0.29, 0.717) is 22.9 Å². The van der Waals surface area contributed by atoms with Crippen molar-refractivity contribution in [2.24, 2.45) is 0 Å². The lowest BCUT2D eigenvalue weighted by Gasteiger charge is -2.31. The summed E-state index contributed by atoms with van der Waals surface area (Å²) in [5, 5.41) is 3.41. The van der Waals surface area contributed by atoms with Crippen LogP contribution in [0.3, 0.4) is 0 Å². The van der Waals surface area contributed by atoms with Crippen molar-refractivity contribution in [2.45, 2.75) is 52.2 Å². The number of carbonyl (C=O) groups excluding carboxylic acids is 2. The van der Waals surface area contributed by atoms with Crippen LogP contribution >= 0.6 is 11.6 Å². The van der Waals surface area contributed by atoms with Crippen LogP contribution in [0, 0.1) is 0 Å². The van der Waals surface area contributed by atoms with Gasteiger partial charge in [0.15, 0.2) is 6.61 Å². The largest absolute Gasteiger partial charge is 0.497 e. The lowest BCUT2D eigenvalue weighted by Crippen LogP contribution is -2.51. The maximum atomic E-state index is 13.2. The molecule has 2 rings (SSSR count). The quantitative estimate of drug-likeness (QED) is 0.553. The molecular formula is C24H31ClN2O4. The molecule has 2 atom stereocenters. The number of benzene rings is 2. The minimum Gasteiger partial charge on any atom is -0.497 e. The van der Waals surface area contributed by atoms with Crippen LogP contribution in [-0.4, -0.2) is 42.5 Å². The summed E-state index contributed by atoms with van der Waals surface area (Å²) in [5.74, 6) is 0.644. The predicted molar refractivity (Wildman–Crippen MR) is 122 cm³/mol. The molecule has 0 saturated heterocycles. The topological polar surface area (TPSA) is 67.9 Å². The van der Waals surface area contributed by atoms with E-state index >= 15 is 0 Å². The van der Waals surface area contributed by atoms with Crippen LogP contribution in [0.25, 0.3) is 0 Å². The molecule has 6 nitrogen and oxygen atoms in total. The molecule has 0 radical (unpaired) electrons. The van der Waals surface area contributed by atoms with Gasteiger partial charge >= 0.3 is 0 Å². The second kappa shape index (κ2) is 12.2. The van der Waals surface area contributed by atoms with Gasteiger partial charge in [0.2, 0.25) is 5.91 Å². The number of nitrogens with zero attached hydrogens (tertiary/aromatic N) is 1. The Bertz CT molecular complexity index is 874. The fraction of sp³-hybridized carbons (Fsp3) is 0.417. The molecule has 0 aromatic heterocycles. The van der Waals surface area contributed by atoms with E-state index in [0.717, 1.165) is 12.0 Å². The monoisotopic (exact) mass is 446 g/mol. The molecule has 0 aliphatic carbocycles. The summed E-state index contributed by atoms with van der Waals surface area (Å²) in [6.45, 7) is 5.87. The molecule has 2 aromatic rings. The first-order valence-corrected chi connectivity index (χ1v) is 10.9. The highest BCUT2D eigenvalue weighted by atomic mass is 35.5. The Hall–Kier alpha value is -2.73. The Morgan fingerprint density at radius 3 is 2.48 bits per heavy atom. The number of hydrogen-bond donors (Lipinski definition) is 1. The Kier molecular flexibility index (Phi) is 9.66. The van der Waals surface area contributed by atoms with E-state index < -0.39 is 6.04 Å². The maximum absolute atomic E-state index is 13.2. The molecule has 0 bridgehead atoms. The summed E-state index contributed by atoms with van der Waals surface area (Å²) in [7, 11) is 1.59. The van der Waals surface area contributed by atoms with E-state index in [1.807, 2.05) is 45.0 Å². The van der Waals surface area contributed by atoms with Crippen LogP contribution < -0.4 is 14.8 Å². The molecule has 0 fully saturated rings. The molecule has 7 heteroatoms. The van der Waals surface area contributed by atoms with Gasteiger partial charge in [-0.15, -0.1) is 0 Å². The van der Waals surface area contributed by atoms with Crippen LogP contribution in [0.1, 0.15) is 39.2 Å². The average molecular weight is 447 g/mol. The van der Waals surface area contributed by atoms with Gasteiger partial charge in [0.25, 0.3) is 5.91 Å². The minimum absolute atomic E-state index is 0.0229. The number of amides is 2. The van der Waals surface area contributed by atoms with Gasteiger partial charge in [-0.25, -0.2) is 0 Å². The summed E-state index contributed by atoms with van der Waals surface area (Å²) in [6.07, 6.45) is 1.28. The van der Waals surface area contributed by atoms with E-state index in [1.54, 1.807) is 36.3 Å². The van der Waals surface area contributed by atoms with Gasteiger partial charge in [-0.2, -0.15) is 0 Å². The number of carbonyl (C=O) groups is 2. The van der Waals surface area contributed by atoms with Crippen LogP contribution in [0.15, 0.2) is 48.5 Å². The van der Waals surface area contributed by atoms with E-state index in [2.05, 4.69) is 5.32 Å². The normalized spacial score (nSPS) is 12.5. The summed E-state index contributed by atoms with van der Waals surface area (Å²) in [6, 6.07) is 13.8. The zero-order valence-electron chi connectivity index (χ0n) is 18.6. The highest BCUT2D eigenvalue weighted by Crippen LogP contribution is 2.23. The van der Waals surface area contributed by atoms with Crippen molar-refractivity contribution in [1.82, 2.24) is 10.2 Å². The zero-order chi connectivity index (χ0) is 22.8. The third-order valence-corrected chi connectivity index (χ3v) is 5.37. The zero-order valence-corrected chi connectivity index (χ0v) is 19.3. The van der Waals surface area contributed by atoms with Gasteiger partial charge in [0.1, 0.15) is 17.5 Å². The number of nitrogens with one attached hydrogen (secondary N) is 1. The lowest BCUT2D eigenvalue weighted by molar-refractivity contribution is -0.143. The molecule has 0 aliphatic rings. The van der Waals surface area contributed by atoms with Gasteiger partial charge in [-0.1, -0.05) is 49.7 Å². The van der Waals surface area contributed by atoms with Crippen molar-refractivity contribution in [2.75, 3.05) is 13.7 Å². The highest BCUT2D eigenvalue weighted by Gasteiger charge is 2.29. The van der Waals surface area contributed by atoms with Crippen LogP contribution in [0.5, 0.6) is 11.5 Å².